The van der Waals surface area contributed by atoms with Gasteiger partial charge in [-0.15, -0.1) is 11.8 Å². The van der Waals surface area contributed by atoms with E-state index in [0.29, 0.717) is 11.0 Å². The highest BCUT2D eigenvalue weighted by atomic mass is 32.2. The fourth-order valence-electron chi connectivity index (χ4n) is 5.84. The highest BCUT2D eigenvalue weighted by Crippen LogP contribution is 2.61. The van der Waals surface area contributed by atoms with Gasteiger partial charge < -0.3 is 15.7 Å². The minimum absolute atomic E-state index is 0.0411. The molecule has 4 atom stereocenters. The lowest BCUT2D eigenvalue weighted by molar-refractivity contribution is -0.438. The first-order chi connectivity index (χ1) is 12.1. The van der Waals surface area contributed by atoms with E-state index in [4.69, 9.17) is 4.99 Å². The highest BCUT2D eigenvalue weighted by Gasteiger charge is 2.65. The second kappa shape index (κ2) is 3.68. The van der Waals surface area contributed by atoms with E-state index in [1.165, 1.54) is 5.57 Å². The van der Waals surface area contributed by atoms with Gasteiger partial charge in [-0.3, -0.25) is 14.8 Å². The maximum absolute atomic E-state index is 13.0. The average molecular weight is 351 g/mol. The number of aliphatic imine (C=N–C) groups is 1. The Morgan fingerprint density at radius 2 is 2.32 bits per heavy atom. The summed E-state index contributed by atoms with van der Waals surface area (Å²) in [5, 5.41) is 12.7. The molecule has 1 aromatic carbocycles. The molecule has 6 nitrogen and oxygen atoms in total. The summed E-state index contributed by atoms with van der Waals surface area (Å²) >= 11 is 1.67. The Morgan fingerprint density at radius 1 is 1.44 bits per heavy atom. The summed E-state index contributed by atoms with van der Waals surface area (Å²) < 4.78 is 0. The van der Waals surface area contributed by atoms with Gasteiger partial charge in [0.25, 0.3) is 0 Å². The van der Waals surface area contributed by atoms with Gasteiger partial charge >= 0.3 is 0 Å². The number of rotatable bonds is 0. The Kier molecular flexibility index (Phi) is 1.94. The number of thioether (sulfide) groups is 1. The molecule has 4 unspecified atom stereocenters. The molecule has 1 saturated heterocycles. The third-order valence-corrected chi connectivity index (χ3v) is 8.09. The summed E-state index contributed by atoms with van der Waals surface area (Å²) in [7, 11) is 0. The van der Waals surface area contributed by atoms with Crippen molar-refractivity contribution in [3.8, 4) is 5.75 Å². The molecule has 5 heterocycles. The summed E-state index contributed by atoms with van der Waals surface area (Å²) in [6, 6.07) is -0.252. The third kappa shape index (κ3) is 1.15. The first-order valence-corrected chi connectivity index (χ1v) is 9.56. The largest absolute Gasteiger partial charge is 0.504 e. The summed E-state index contributed by atoms with van der Waals surface area (Å²) in [5.41, 5.74) is 8.22. The zero-order valence-electron chi connectivity index (χ0n) is 13.3. The fourth-order valence-corrected chi connectivity index (χ4v) is 7.37. The van der Waals surface area contributed by atoms with Crippen LogP contribution in [0.3, 0.4) is 0 Å². The van der Waals surface area contributed by atoms with Crippen LogP contribution in [0.4, 0.5) is 11.4 Å². The number of hydrogen-bond acceptors (Lipinski definition) is 6. The molecule has 6 aliphatic rings. The van der Waals surface area contributed by atoms with Gasteiger partial charge in [0.15, 0.2) is 11.5 Å². The summed E-state index contributed by atoms with van der Waals surface area (Å²) in [4.78, 5) is 25.6. The highest BCUT2D eigenvalue weighted by molar-refractivity contribution is 8.04. The van der Waals surface area contributed by atoms with Crippen LogP contribution in [0.5, 0.6) is 5.75 Å². The lowest BCUT2D eigenvalue weighted by Crippen LogP contribution is -2.82. The van der Waals surface area contributed by atoms with E-state index in [9.17, 15) is 9.90 Å². The second-order valence-electron chi connectivity index (χ2n) is 7.71. The molecule has 3 bridgehead atoms. The van der Waals surface area contributed by atoms with Crippen molar-refractivity contribution in [2.45, 2.75) is 35.7 Å². The first-order valence-electron chi connectivity index (χ1n) is 8.68. The maximum atomic E-state index is 13.0. The lowest BCUT2D eigenvalue weighted by atomic mass is 9.61. The van der Waals surface area contributed by atoms with Crippen LogP contribution in [-0.2, 0) is 10.2 Å². The molecule has 1 aromatic rings. The molecule has 1 aliphatic carbocycles. The normalized spacial score (nSPS) is 37.4. The van der Waals surface area contributed by atoms with Gasteiger partial charge in [-0.1, -0.05) is 0 Å². The van der Waals surface area contributed by atoms with Crippen molar-refractivity contribution >= 4 is 40.7 Å². The van der Waals surface area contributed by atoms with Gasteiger partial charge in [0.2, 0.25) is 0 Å². The molecule has 124 valence electrons. The molecule has 7 rings (SSSR count). The number of benzene rings is 1. The Hall–Kier alpha value is -2.12. The Labute approximate surface area is 146 Å². The minimum Gasteiger partial charge on any atom is -0.504 e. The Balaban J connectivity index is 1.79. The van der Waals surface area contributed by atoms with E-state index in [1.54, 1.807) is 11.8 Å². The molecule has 0 radical (unpaired) electrons. The van der Waals surface area contributed by atoms with E-state index in [-0.39, 0.29) is 34.4 Å². The molecule has 0 amide bonds. The van der Waals surface area contributed by atoms with Crippen LogP contribution in [0.2, 0.25) is 0 Å². The third-order valence-electron chi connectivity index (χ3n) is 6.81. The van der Waals surface area contributed by atoms with Crippen LogP contribution in [0.15, 0.2) is 21.0 Å². The number of hydrogen-bond donors (Lipinski definition) is 2. The molecule has 25 heavy (non-hydrogen) atoms. The molecule has 4 N–H and O–H groups in total. The van der Waals surface area contributed by atoms with Crippen molar-refractivity contribution in [2.75, 3.05) is 11.4 Å². The zero-order valence-corrected chi connectivity index (χ0v) is 14.1. The number of carbonyl (C=O) groups is 1. The molecular weight excluding hydrogens is 336 g/mol. The predicted molar refractivity (Wildman–Crippen MR) is 93.6 cm³/mol. The molecule has 0 aromatic heterocycles. The number of quaternary nitrogens is 1. The summed E-state index contributed by atoms with van der Waals surface area (Å²) in [5.74, 6) is 0.368. The van der Waals surface area contributed by atoms with Crippen molar-refractivity contribution in [2.24, 2.45) is 9.98 Å². The van der Waals surface area contributed by atoms with Crippen molar-refractivity contribution in [1.29, 1.82) is 0 Å². The maximum Gasteiger partial charge on any atom is 0.185 e. The number of fused-ring (bicyclic) bond motifs is 3. The zero-order chi connectivity index (χ0) is 16.7. The second-order valence-corrected chi connectivity index (χ2v) is 8.93. The molecule has 7 heteroatoms. The lowest BCUT2D eigenvalue weighted by Gasteiger charge is -2.52. The van der Waals surface area contributed by atoms with Crippen molar-refractivity contribution in [3.05, 3.63) is 27.1 Å². The summed E-state index contributed by atoms with van der Waals surface area (Å²) in [6.07, 6.45) is 5.43. The van der Waals surface area contributed by atoms with Crippen molar-refractivity contribution in [3.63, 3.8) is 0 Å². The first kappa shape index (κ1) is 13.1. The monoisotopic (exact) mass is 351 g/mol. The van der Waals surface area contributed by atoms with Crippen molar-refractivity contribution < 1.29 is 15.6 Å². The van der Waals surface area contributed by atoms with Gasteiger partial charge in [0, 0.05) is 28.4 Å². The Morgan fingerprint density at radius 3 is 3.20 bits per heavy atom. The van der Waals surface area contributed by atoms with Crippen LogP contribution >= 0.6 is 11.8 Å². The Bertz CT molecular complexity index is 1140. The number of carbonyl (C=O) groups excluding carboxylic acids is 1. The van der Waals surface area contributed by atoms with E-state index < -0.39 is 0 Å². The van der Waals surface area contributed by atoms with Crippen LogP contribution in [0, 0.1) is 0 Å². The van der Waals surface area contributed by atoms with E-state index in [2.05, 4.69) is 15.6 Å². The number of ketones is 1. The standard InChI is InChI=1S/C18H14N4O2S/c19-17-14-7(23)3-8-18(17)4-9(25-8)21-13-11(18)15-10-6(1-2-22(14)15)5-20-12(10)16(13)24/h3,5,9,14,17,24H,1-2,4,19H2/p+1. The van der Waals surface area contributed by atoms with Gasteiger partial charge in [-0.25, -0.2) is 0 Å². The number of anilines is 1. The van der Waals surface area contributed by atoms with Crippen LogP contribution in [-0.4, -0.2) is 41.1 Å². The number of phenols is 1. The molecule has 5 aliphatic heterocycles. The van der Waals surface area contributed by atoms with Gasteiger partial charge in [0.05, 0.1) is 11.1 Å². The smallest absolute Gasteiger partial charge is 0.185 e. The van der Waals surface area contributed by atoms with E-state index in [1.807, 2.05) is 12.3 Å². The molecule has 0 saturated carbocycles. The molecule has 1 fully saturated rings. The van der Waals surface area contributed by atoms with E-state index in [0.717, 1.165) is 40.8 Å². The SMILES string of the molecule is [NH3+]C1C2C(=O)C=C3SC4CC31c1c3c5c(c(O)c1=N4)N=CC=5CCN32. The fraction of sp³-hybridized carbons (Fsp3) is 0.389. The van der Waals surface area contributed by atoms with Crippen LogP contribution < -0.4 is 21.2 Å². The predicted octanol–water partition coefficient (Wildman–Crippen LogP) is -0.738. The number of nitrogens with zero attached hydrogens (tertiary/aromatic N) is 3. The number of aromatic hydroxyl groups is 1. The van der Waals surface area contributed by atoms with Gasteiger partial charge in [-0.2, -0.15) is 0 Å². The quantitative estimate of drug-likeness (QED) is 0.644. The molecule has 1 spiro atoms. The van der Waals surface area contributed by atoms with Crippen LogP contribution in [0.25, 0.3) is 5.57 Å². The van der Waals surface area contributed by atoms with Crippen LogP contribution in [0.1, 0.15) is 18.4 Å². The molecular formula is C18H15N4O2S+. The van der Waals surface area contributed by atoms with E-state index >= 15 is 0 Å². The minimum atomic E-state index is -0.269. The average Bonchev–Trinajstić information content (AvgIpc) is 3.13. The number of phenolic OH excluding ortho intramolecular Hbond substituents is 1. The van der Waals surface area contributed by atoms with Gasteiger partial charge in [-0.05, 0) is 24.5 Å². The van der Waals surface area contributed by atoms with Crippen molar-refractivity contribution in [1.82, 2.24) is 0 Å². The van der Waals surface area contributed by atoms with Gasteiger partial charge in [0.1, 0.15) is 28.5 Å². The summed E-state index contributed by atoms with van der Waals surface area (Å²) in [6.45, 7) is 0.795. The topological polar surface area (TPSA) is 92.9 Å².